The number of amides is 1. The van der Waals surface area contributed by atoms with E-state index in [0.29, 0.717) is 11.6 Å². The van der Waals surface area contributed by atoms with Crippen LogP contribution in [0.1, 0.15) is 5.56 Å². The van der Waals surface area contributed by atoms with E-state index in [0.717, 1.165) is 12.1 Å². The maximum absolute atomic E-state index is 13.9. The lowest BCUT2D eigenvalue weighted by Crippen LogP contribution is -2.45. The molecular weight excluding hydrogens is 398 g/mol. The van der Waals surface area contributed by atoms with Gasteiger partial charge >= 0.3 is 0 Å². The summed E-state index contributed by atoms with van der Waals surface area (Å²) in [6, 6.07) is 17.9. The summed E-state index contributed by atoms with van der Waals surface area (Å²) in [5, 5.41) is 2.32. The molecule has 29 heavy (non-hydrogen) atoms. The van der Waals surface area contributed by atoms with Gasteiger partial charge in [-0.15, -0.1) is 0 Å². The van der Waals surface area contributed by atoms with Gasteiger partial charge in [-0.1, -0.05) is 48.5 Å². The number of anilines is 1. The molecule has 0 heterocycles. The Bertz CT molecular complexity index is 1090. The third kappa shape index (κ3) is 5.46. The number of rotatable bonds is 7. The predicted octanol–water partition coefficient (Wildman–Crippen LogP) is 3.49. The van der Waals surface area contributed by atoms with Crippen LogP contribution in [-0.4, -0.2) is 20.4 Å². The number of hydrogen-bond acceptors (Lipinski definition) is 3. The van der Waals surface area contributed by atoms with Gasteiger partial charge in [-0.3, -0.25) is 4.79 Å². The van der Waals surface area contributed by atoms with Crippen molar-refractivity contribution in [3.8, 4) is 0 Å². The fourth-order valence-electron chi connectivity index (χ4n) is 2.70. The van der Waals surface area contributed by atoms with Crippen molar-refractivity contribution >= 4 is 21.6 Å². The van der Waals surface area contributed by atoms with E-state index in [9.17, 15) is 22.0 Å². The lowest BCUT2D eigenvalue weighted by atomic mass is 10.1. The minimum absolute atomic E-state index is 0.00109. The number of nitrogens with one attached hydrogen (secondary N) is 2. The lowest BCUT2D eigenvalue weighted by molar-refractivity contribution is -0.117. The Morgan fingerprint density at radius 1 is 0.897 bits per heavy atom. The van der Waals surface area contributed by atoms with E-state index in [-0.39, 0.29) is 17.0 Å². The monoisotopic (exact) mass is 416 g/mol. The standard InChI is InChI=1S/C21H18F2N2O3S/c22-16-11-12-19(18(23)14-16)24-21(26)20(13-15-7-3-1-4-8-15)25-29(27,28)17-9-5-2-6-10-17/h1-12,14,20,25H,13H2,(H,24,26)/t20-/m1/s1. The van der Waals surface area contributed by atoms with Crippen LogP contribution in [0.2, 0.25) is 0 Å². The Balaban J connectivity index is 1.87. The SMILES string of the molecule is O=C(Nc1ccc(F)cc1F)[C@@H](Cc1ccccc1)NS(=O)(=O)c1ccccc1. The van der Waals surface area contributed by atoms with Crippen LogP contribution in [-0.2, 0) is 21.2 Å². The normalized spacial score (nSPS) is 12.3. The number of benzene rings is 3. The molecule has 3 aromatic rings. The quantitative estimate of drug-likeness (QED) is 0.619. The second-order valence-corrected chi connectivity index (χ2v) is 8.00. The highest BCUT2D eigenvalue weighted by Gasteiger charge is 2.26. The van der Waals surface area contributed by atoms with Gasteiger partial charge in [0.15, 0.2) is 0 Å². The van der Waals surface area contributed by atoms with Crippen molar-refractivity contribution in [3.05, 3.63) is 96.1 Å². The van der Waals surface area contributed by atoms with Crippen molar-refractivity contribution in [1.29, 1.82) is 0 Å². The van der Waals surface area contributed by atoms with Crippen LogP contribution < -0.4 is 10.0 Å². The molecule has 0 saturated carbocycles. The zero-order valence-electron chi connectivity index (χ0n) is 15.2. The molecule has 3 rings (SSSR count). The molecular formula is C21H18F2N2O3S. The van der Waals surface area contributed by atoms with Gasteiger partial charge in [0.1, 0.15) is 17.7 Å². The van der Waals surface area contributed by atoms with Gasteiger partial charge < -0.3 is 5.32 Å². The first kappa shape index (κ1) is 20.6. The van der Waals surface area contributed by atoms with Gasteiger partial charge in [0.05, 0.1) is 10.6 Å². The second-order valence-electron chi connectivity index (χ2n) is 6.29. The van der Waals surface area contributed by atoms with E-state index < -0.39 is 33.6 Å². The third-order valence-corrected chi connectivity index (χ3v) is 5.63. The fraction of sp³-hybridized carbons (Fsp3) is 0.0952. The molecule has 0 aliphatic rings. The Morgan fingerprint density at radius 2 is 1.52 bits per heavy atom. The molecule has 5 nitrogen and oxygen atoms in total. The van der Waals surface area contributed by atoms with Crippen molar-refractivity contribution in [2.75, 3.05) is 5.32 Å². The minimum Gasteiger partial charge on any atom is -0.322 e. The molecule has 150 valence electrons. The van der Waals surface area contributed by atoms with E-state index in [4.69, 9.17) is 0 Å². The van der Waals surface area contributed by atoms with Crippen molar-refractivity contribution < 1.29 is 22.0 Å². The Kier molecular flexibility index (Phi) is 6.36. The number of hydrogen-bond donors (Lipinski definition) is 2. The smallest absolute Gasteiger partial charge is 0.242 e. The average molecular weight is 416 g/mol. The molecule has 3 aromatic carbocycles. The molecule has 0 unspecified atom stereocenters. The largest absolute Gasteiger partial charge is 0.322 e. The Labute approximate surface area is 167 Å². The van der Waals surface area contributed by atoms with Gasteiger partial charge in [0.2, 0.25) is 15.9 Å². The molecule has 2 N–H and O–H groups in total. The second kappa shape index (κ2) is 8.93. The predicted molar refractivity (Wildman–Crippen MR) is 106 cm³/mol. The molecule has 0 aliphatic carbocycles. The topological polar surface area (TPSA) is 75.3 Å². The minimum atomic E-state index is -4.00. The molecule has 0 saturated heterocycles. The van der Waals surface area contributed by atoms with Crippen LogP contribution in [0.5, 0.6) is 0 Å². The molecule has 0 radical (unpaired) electrons. The number of carbonyl (C=O) groups is 1. The molecule has 0 spiro atoms. The first-order valence-electron chi connectivity index (χ1n) is 8.72. The Hall–Kier alpha value is -3.10. The molecule has 0 aliphatic heterocycles. The average Bonchev–Trinajstić information content (AvgIpc) is 2.71. The molecule has 0 bridgehead atoms. The summed E-state index contributed by atoms with van der Waals surface area (Å²) in [4.78, 5) is 12.8. The first-order chi connectivity index (χ1) is 13.8. The van der Waals surface area contributed by atoms with Crippen molar-refractivity contribution in [1.82, 2.24) is 4.72 Å². The van der Waals surface area contributed by atoms with Crippen LogP contribution in [0.4, 0.5) is 14.5 Å². The van der Waals surface area contributed by atoms with E-state index >= 15 is 0 Å². The van der Waals surface area contributed by atoms with Crippen LogP contribution in [0.3, 0.4) is 0 Å². The summed E-state index contributed by atoms with van der Waals surface area (Å²) in [7, 11) is -4.00. The van der Waals surface area contributed by atoms with Gasteiger partial charge in [-0.05, 0) is 36.2 Å². The van der Waals surface area contributed by atoms with Crippen molar-refractivity contribution in [2.45, 2.75) is 17.4 Å². The van der Waals surface area contributed by atoms with Crippen molar-refractivity contribution in [2.24, 2.45) is 0 Å². The highest BCUT2D eigenvalue weighted by Crippen LogP contribution is 2.17. The lowest BCUT2D eigenvalue weighted by Gasteiger charge is -2.19. The van der Waals surface area contributed by atoms with E-state index in [2.05, 4.69) is 10.0 Å². The summed E-state index contributed by atoms with van der Waals surface area (Å²) < 4.78 is 54.8. The van der Waals surface area contributed by atoms with E-state index in [1.54, 1.807) is 48.5 Å². The summed E-state index contributed by atoms with van der Waals surface area (Å²) in [6.45, 7) is 0. The highest BCUT2D eigenvalue weighted by atomic mass is 32.2. The van der Waals surface area contributed by atoms with Gasteiger partial charge in [0.25, 0.3) is 0 Å². The van der Waals surface area contributed by atoms with Gasteiger partial charge in [0, 0.05) is 6.07 Å². The van der Waals surface area contributed by atoms with E-state index in [1.165, 1.54) is 12.1 Å². The summed E-state index contributed by atoms with van der Waals surface area (Å²) in [5.74, 6) is -2.51. The van der Waals surface area contributed by atoms with Crippen LogP contribution >= 0.6 is 0 Å². The van der Waals surface area contributed by atoms with Crippen LogP contribution in [0, 0.1) is 11.6 Å². The van der Waals surface area contributed by atoms with Gasteiger partial charge in [-0.2, -0.15) is 4.72 Å². The number of halogens is 2. The van der Waals surface area contributed by atoms with E-state index in [1.807, 2.05) is 0 Å². The maximum Gasteiger partial charge on any atom is 0.242 e. The highest BCUT2D eigenvalue weighted by molar-refractivity contribution is 7.89. The molecule has 1 amide bonds. The number of sulfonamides is 1. The van der Waals surface area contributed by atoms with Crippen LogP contribution in [0.15, 0.2) is 83.8 Å². The van der Waals surface area contributed by atoms with Crippen LogP contribution in [0.25, 0.3) is 0 Å². The maximum atomic E-state index is 13.9. The van der Waals surface area contributed by atoms with Crippen molar-refractivity contribution in [3.63, 3.8) is 0 Å². The molecule has 1 atom stereocenters. The third-order valence-electron chi connectivity index (χ3n) is 4.14. The zero-order valence-corrected chi connectivity index (χ0v) is 16.0. The first-order valence-corrected chi connectivity index (χ1v) is 10.2. The van der Waals surface area contributed by atoms with Gasteiger partial charge in [-0.25, -0.2) is 17.2 Å². The summed E-state index contributed by atoms with van der Waals surface area (Å²) in [6.07, 6.45) is 0.0432. The number of carbonyl (C=O) groups excluding carboxylic acids is 1. The fourth-order valence-corrected chi connectivity index (χ4v) is 3.92. The zero-order chi connectivity index (χ0) is 20.9. The summed E-state index contributed by atoms with van der Waals surface area (Å²) in [5.41, 5.74) is 0.469. The Morgan fingerprint density at radius 3 is 2.14 bits per heavy atom. The molecule has 0 aromatic heterocycles. The molecule has 0 fully saturated rings. The molecule has 8 heteroatoms. The summed E-state index contributed by atoms with van der Waals surface area (Å²) >= 11 is 0.